The van der Waals surface area contributed by atoms with Gasteiger partial charge in [0.1, 0.15) is 5.75 Å². The summed E-state index contributed by atoms with van der Waals surface area (Å²) in [6.07, 6.45) is 2.79. The Bertz CT molecular complexity index is 1670. The summed E-state index contributed by atoms with van der Waals surface area (Å²) in [6.45, 7) is 8.68. The van der Waals surface area contributed by atoms with Crippen molar-refractivity contribution in [3.05, 3.63) is 95.2 Å². The Labute approximate surface area is 223 Å². The molecule has 0 saturated carbocycles. The van der Waals surface area contributed by atoms with Crippen LogP contribution in [0.3, 0.4) is 0 Å². The number of ether oxygens (including phenoxy) is 1. The molecule has 1 atom stereocenters. The number of hydrazone groups is 1. The van der Waals surface area contributed by atoms with Crippen molar-refractivity contribution < 1.29 is 9.53 Å². The van der Waals surface area contributed by atoms with Crippen LogP contribution < -0.4 is 10.2 Å². The minimum absolute atomic E-state index is 0.283. The number of methoxy groups -OCH3 is 1. The zero-order chi connectivity index (χ0) is 26.8. The van der Waals surface area contributed by atoms with E-state index in [0.717, 1.165) is 45.3 Å². The summed E-state index contributed by atoms with van der Waals surface area (Å²) in [7, 11) is 1.64. The van der Waals surface area contributed by atoms with Crippen molar-refractivity contribution in [3.8, 4) is 17.0 Å². The highest BCUT2D eigenvalue weighted by molar-refractivity contribution is 6.08. The second-order valence-corrected chi connectivity index (χ2v) is 9.60. The molecular weight excluding hydrogens is 472 g/mol. The van der Waals surface area contributed by atoms with Crippen LogP contribution in [-0.4, -0.2) is 28.8 Å². The lowest BCUT2D eigenvalue weighted by molar-refractivity contribution is 0.0956. The zero-order valence-electron chi connectivity index (χ0n) is 22.4. The van der Waals surface area contributed by atoms with Gasteiger partial charge in [0.25, 0.3) is 5.91 Å². The number of amides is 1. The largest absolute Gasteiger partial charge is 0.497 e. The third-order valence-electron chi connectivity index (χ3n) is 7.26. The summed E-state index contributed by atoms with van der Waals surface area (Å²) < 4.78 is 7.66. The maximum Gasteiger partial charge on any atom is 0.272 e. The minimum Gasteiger partial charge on any atom is -0.497 e. The number of aromatic nitrogens is 2. The van der Waals surface area contributed by atoms with Gasteiger partial charge in [-0.15, -0.1) is 0 Å². The lowest BCUT2D eigenvalue weighted by Gasteiger charge is -2.16. The Hall–Kier alpha value is -4.45. The van der Waals surface area contributed by atoms with E-state index in [1.165, 1.54) is 11.1 Å². The zero-order valence-corrected chi connectivity index (χ0v) is 22.4. The molecule has 6 nitrogen and oxygen atoms in total. The van der Waals surface area contributed by atoms with Gasteiger partial charge in [0.2, 0.25) is 0 Å². The highest BCUT2D eigenvalue weighted by Crippen LogP contribution is 2.31. The first-order chi connectivity index (χ1) is 18.4. The molecule has 192 valence electrons. The molecule has 0 unspecified atom stereocenters. The van der Waals surface area contributed by atoms with Gasteiger partial charge in [-0.25, -0.2) is 10.4 Å². The third kappa shape index (κ3) is 4.54. The molecule has 6 heteroatoms. The number of benzene rings is 3. The Balaban J connectivity index is 1.50. The predicted molar refractivity (Wildman–Crippen MR) is 155 cm³/mol. The van der Waals surface area contributed by atoms with Crippen LogP contribution in [0.1, 0.15) is 53.5 Å². The number of aryl methyl sites for hydroxylation is 1. The average molecular weight is 505 g/mol. The van der Waals surface area contributed by atoms with E-state index in [0.29, 0.717) is 17.3 Å². The maximum absolute atomic E-state index is 13.4. The molecule has 3 aromatic carbocycles. The number of rotatable bonds is 7. The van der Waals surface area contributed by atoms with Crippen LogP contribution in [0.15, 0.2) is 77.9 Å². The van der Waals surface area contributed by atoms with Gasteiger partial charge in [-0.3, -0.25) is 4.79 Å². The number of pyridine rings is 1. The number of nitrogens with one attached hydrogen (secondary N) is 1. The second-order valence-electron chi connectivity index (χ2n) is 9.60. The molecule has 2 heterocycles. The summed E-state index contributed by atoms with van der Waals surface area (Å²) in [6, 6.07) is 23.8. The van der Waals surface area contributed by atoms with Gasteiger partial charge in [0.05, 0.1) is 35.6 Å². The van der Waals surface area contributed by atoms with E-state index in [-0.39, 0.29) is 5.91 Å². The number of hydrogen-bond acceptors (Lipinski definition) is 4. The van der Waals surface area contributed by atoms with Gasteiger partial charge in [0.15, 0.2) is 0 Å². The number of carbonyl (C=O) groups is 1. The van der Waals surface area contributed by atoms with Crippen molar-refractivity contribution in [1.82, 2.24) is 15.0 Å². The van der Waals surface area contributed by atoms with E-state index in [9.17, 15) is 4.79 Å². The van der Waals surface area contributed by atoms with Crippen LogP contribution in [0.5, 0.6) is 5.75 Å². The summed E-state index contributed by atoms with van der Waals surface area (Å²) in [4.78, 5) is 18.2. The molecule has 0 radical (unpaired) electrons. The lowest BCUT2D eigenvalue weighted by Crippen LogP contribution is -2.18. The SMILES string of the molecule is CC[C@@H](C)n1c(C)c(/C=N/NC(=O)c2cc(-c3ccc(OC)cc3)nc3ccccc23)c2cccc(C)c21. The summed E-state index contributed by atoms with van der Waals surface area (Å²) >= 11 is 0. The molecule has 5 rings (SSSR count). The van der Waals surface area contributed by atoms with Gasteiger partial charge in [-0.1, -0.05) is 43.3 Å². The number of carbonyl (C=O) groups excluding carboxylic acids is 1. The van der Waals surface area contributed by atoms with Gasteiger partial charge >= 0.3 is 0 Å². The van der Waals surface area contributed by atoms with E-state index in [1.807, 2.05) is 54.6 Å². The first kappa shape index (κ1) is 25.2. The molecular formula is C32H32N4O2. The summed E-state index contributed by atoms with van der Waals surface area (Å²) in [5.41, 5.74) is 10.2. The molecule has 1 amide bonds. The van der Waals surface area contributed by atoms with E-state index in [2.05, 4.69) is 61.0 Å². The van der Waals surface area contributed by atoms with Crippen molar-refractivity contribution in [2.75, 3.05) is 7.11 Å². The topological polar surface area (TPSA) is 68.5 Å². The summed E-state index contributed by atoms with van der Waals surface area (Å²) in [5, 5.41) is 6.33. The smallest absolute Gasteiger partial charge is 0.272 e. The Morgan fingerprint density at radius 2 is 1.79 bits per heavy atom. The molecule has 0 aliphatic carbocycles. The normalized spacial score (nSPS) is 12.3. The third-order valence-corrected chi connectivity index (χ3v) is 7.26. The van der Waals surface area contributed by atoms with Crippen LogP contribution in [0.25, 0.3) is 33.1 Å². The molecule has 1 N–H and O–H groups in total. The van der Waals surface area contributed by atoms with E-state index < -0.39 is 0 Å². The Morgan fingerprint density at radius 3 is 2.53 bits per heavy atom. The first-order valence-corrected chi connectivity index (χ1v) is 12.9. The molecule has 0 spiro atoms. The van der Waals surface area contributed by atoms with Crippen molar-refractivity contribution in [2.45, 2.75) is 40.2 Å². The van der Waals surface area contributed by atoms with Gasteiger partial charge in [-0.2, -0.15) is 5.10 Å². The Kier molecular flexibility index (Phi) is 6.97. The molecule has 0 fully saturated rings. The van der Waals surface area contributed by atoms with Crippen LogP contribution in [-0.2, 0) is 0 Å². The number of nitrogens with zero attached hydrogens (tertiary/aromatic N) is 3. The molecule has 0 aliphatic rings. The van der Waals surface area contributed by atoms with Crippen molar-refractivity contribution in [2.24, 2.45) is 5.10 Å². The first-order valence-electron chi connectivity index (χ1n) is 12.9. The molecule has 0 saturated heterocycles. The lowest BCUT2D eigenvalue weighted by atomic mass is 10.0. The molecule has 0 aliphatic heterocycles. The molecule has 2 aromatic heterocycles. The van der Waals surface area contributed by atoms with E-state index in [1.54, 1.807) is 13.3 Å². The number of fused-ring (bicyclic) bond motifs is 2. The molecule has 0 bridgehead atoms. The predicted octanol–water partition coefficient (Wildman–Crippen LogP) is 7.22. The molecule has 5 aromatic rings. The van der Waals surface area contributed by atoms with Crippen molar-refractivity contribution >= 4 is 33.9 Å². The quantitative estimate of drug-likeness (QED) is 0.188. The second kappa shape index (κ2) is 10.5. The monoisotopic (exact) mass is 504 g/mol. The standard InChI is InChI=1S/C32H32N4O2/c1-6-21(3)36-22(4)28(26-12-9-10-20(2)31(26)36)19-33-35-32(37)27-18-30(23-14-16-24(38-5)17-15-23)34-29-13-8-7-11-25(27)29/h7-19,21H,6H2,1-5H3,(H,35,37)/b33-19+/t21-/m1/s1. The van der Waals surface area contributed by atoms with Crippen molar-refractivity contribution in [3.63, 3.8) is 0 Å². The fourth-order valence-electron chi connectivity index (χ4n) is 5.07. The number of para-hydroxylation sites is 2. The number of hydrogen-bond donors (Lipinski definition) is 1. The fourth-order valence-corrected chi connectivity index (χ4v) is 5.07. The van der Waals surface area contributed by atoms with E-state index >= 15 is 0 Å². The average Bonchev–Trinajstić information content (AvgIpc) is 3.24. The molecule has 38 heavy (non-hydrogen) atoms. The minimum atomic E-state index is -0.283. The fraction of sp³-hybridized carbons (Fsp3) is 0.219. The van der Waals surface area contributed by atoms with Crippen molar-refractivity contribution in [1.29, 1.82) is 0 Å². The van der Waals surface area contributed by atoms with Gasteiger partial charge in [-0.05, 0) is 69.2 Å². The summed E-state index contributed by atoms with van der Waals surface area (Å²) in [5.74, 6) is 0.483. The Morgan fingerprint density at radius 1 is 1.05 bits per heavy atom. The highest BCUT2D eigenvalue weighted by atomic mass is 16.5. The van der Waals surface area contributed by atoms with Crippen LogP contribution >= 0.6 is 0 Å². The van der Waals surface area contributed by atoms with Gasteiger partial charge in [0, 0.05) is 33.6 Å². The maximum atomic E-state index is 13.4. The van der Waals surface area contributed by atoms with E-state index in [4.69, 9.17) is 9.72 Å². The highest BCUT2D eigenvalue weighted by Gasteiger charge is 2.18. The van der Waals surface area contributed by atoms with Crippen LogP contribution in [0, 0.1) is 13.8 Å². The van der Waals surface area contributed by atoms with Crippen LogP contribution in [0.4, 0.5) is 0 Å². The van der Waals surface area contributed by atoms with Gasteiger partial charge < -0.3 is 9.30 Å². The van der Waals surface area contributed by atoms with Crippen LogP contribution in [0.2, 0.25) is 0 Å².